The highest BCUT2D eigenvalue weighted by atomic mass is 79.9. The van der Waals surface area contributed by atoms with Gasteiger partial charge in [-0.05, 0) is 64.8 Å². The van der Waals surface area contributed by atoms with Crippen LogP contribution in [0.1, 0.15) is 5.56 Å². The minimum atomic E-state index is -3.61. The van der Waals surface area contributed by atoms with Crippen LogP contribution in [0.2, 0.25) is 5.02 Å². The summed E-state index contributed by atoms with van der Waals surface area (Å²) in [6.45, 7) is 1.90. The summed E-state index contributed by atoms with van der Waals surface area (Å²) < 4.78 is 27.6. The number of benzene rings is 2. The smallest absolute Gasteiger partial charge is 0.261 e. The number of nitrogens with one attached hydrogen (secondary N) is 1. The normalized spacial score (nSPS) is 11.3. The molecule has 0 aliphatic heterocycles. The van der Waals surface area contributed by atoms with E-state index in [0.717, 1.165) is 5.56 Å². The van der Waals surface area contributed by atoms with Crippen molar-refractivity contribution in [1.82, 2.24) is 0 Å². The zero-order valence-corrected chi connectivity index (χ0v) is 13.2. The average molecular weight is 361 g/mol. The average Bonchev–Trinajstić information content (AvgIpc) is 2.34. The van der Waals surface area contributed by atoms with E-state index in [4.69, 9.17) is 11.6 Å². The molecule has 0 fully saturated rings. The quantitative estimate of drug-likeness (QED) is 0.891. The summed E-state index contributed by atoms with van der Waals surface area (Å²) in [6.07, 6.45) is 0. The molecule has 0 aromatic heterocycles. The van der Waals surface area contributed by atoms with Gasteiger partial charge in [-0.1, -0.05) is 17.7 Å². The number of hydrogen-bond donors (Lipinski definition) is 1. The Morgan fingerprint density at radius 3 is 2.37 bits per heavy atom. The fourth-order valence-corrected chi connectivity index (χ4v) is 3.21. The molecule has 0 amide bonds. The lowest BCUT2D eigenvalue weighted by Crippen LogP contribution is -2.13. The van der Waals surface area contributed by atoms with Crippen LogP contribution in [0.15, 0.2) is 51.8 Å². The highest BCUT2D eigenvalue weighted by Gasteiger charge is 2.15. The van der Waals surface area contributed by atoms with E-state index in [9.17, 15) is 8.42 Å². The Balaban J connectivity index is 2.36. The lowest BCUT2D eigenvalue weighted by molar-refractivity contribution is 0.601. The van der Waals surface area contributed by atoms with Gasteiger partial charge in [-0.3, -0.25) is 4.72 Å². The van der Waals surface area contributed by atoms with Crippen molar-refractivity contribution in [2.75, 3.05) is 4.72 Å². The van der Waals surface area contributed by atoms with Gasteiger partial charge in [-0.25, -0.2) is 8.42 Å². The molecule has 3 nitrogen and oxygen atoms in total. The Morgan fingerprint density at radius 2 is 1.74 bits per heavy atom. The summed E-state index contributed by atoms with van der Waals surface area (Å²) in [7, 11) is -3.61. The van der Waals surface area contributed by atoms with E-state index in [1.54, 1.807) is 24.3 Å². The van der Waals surface area contributed by atoms with E-state index >= 15 is 0 Å². The zero-order chi connectivity index (χ0) is 14.0. The SMILES string of the molecule is Cc1ccc(Br)c(NS(=O)(=O)c2ccc(Cl)cc2)c1. The van der Waals surface area contributed by atoms with E-state index in [2.05, 4.69) is 20.7 Å². The number of sulfonamides is 1. The molecule has 0 atom stereocenters. The first kappa shape index (κ1) is 14.4. The van der Waals surface area contributed by atoms with E-state index in [1.807, 2.05) is 13.0 Å². The summed E-state index contributed by atoms with van der Waals surface area (Å²) in [4.78, 5) is 0.172. The van der Waals surface area contributed by atoms with Gasteiger partial charge in [-0.2, -0.15) is 0 Å². The molecule has 19 heavy (non-hydrogen) atoms. The highest BCUT2D eigenvalue weighted by molar-refractivity contribution is 9.10. The van der Waals surface area contributed by atoms with Crippen molar-refractivity contribution in [2.45, 2.75) is 11.8 Å². The third kappa shape index (κ3) is 3.49. The van der Waals surface area contributed by atoms with Gasteiger partial charge < -0.3 is 0 Å². The predicted molar refractivity (Wildman–Crippen MR) is 81.1 cm³/mol. The Labute approximate surface area is 125 Å². The molecule has 2 aromatic rings. The molecule has 2 rings (SSSR count). The Bertz CT molecular complexity index is 699. The zero-order valence-electron chi connectivity index (χ0n) is 10.0. The molecule has 2 aromatic carbocycles. The maximum Gasteiger partial charge on any atom is 0.261 e. The van der Waals surface area contributed by atoms with Crippen LogP contribution in [0.25, 0.3) is 0 Å². The van der Waals surface area contributed by atoms with E-state index < -0.39 is 10.0 Å². The minimum absolute atomic E-state index is 0.172. The third-order valence-corrected chi connectivity index (χ3v) is 4.82. The first-order chi connectivity index (χ1) is 8.88. The number of rotatable bonds is 3. The fraction of sp³-hybridized carbons (Fsp3) is 0.0769. The molecule has 0 saturated carbocycles. The van der Waals surface area contributed by atoms with Gasteiger partial charge in [0.2, 0.25) is 0 Å². The second kappa shape index (κ2) is 5.53. The third-order valence-electron chi connectivity index (χ3n) is 2.49. The molecule has 0 radical (unpaired) electrons. The van der Waals surface area contributed by atoms with Gasteiger partial charge in [0.05, 0.1) is 10.6 Å². The van der Waals surface area contributed by atoms with Crippen LogP contribution >= 0.6 is 27.5 Å². The monoisotopic (exact) mass is 359 g/mol. The second-order valence-electron chi connectivity index (χ2n) is 4.04. The van der Waals surface area contributed by atoms with Crippen LogP contribution in [0.5, 0.6) is 0 Å². The van der Waals surface area contributed by atoms with Crippen LogP contribution in [0.4, 0.5) is 5.69 Å². The van der Waals surface area contributed by atoms with Crippen LogP contribution < -0.4 is 4.72 Å². The summed E-state index contributed by atoms with van der Waals surface area (Å²) in [6, 6.07) is 11.5. The molecule has 0 bridgehead atoms. The molecule has 1 N–H and O–H groups in total. The summed E-state index contributed by atoms with van der Waals surface area (Å²) in [5, 5.41) is 0.496. The second-order valence-corrected chi connectivity index (χ2v) is 7.02. The Kier molecular flexibility index (Phi) is 4.18. The van der Waals surface area contributed by atoms with Gasteiger partial charge >= 0.3 is 0 Å². The van der Waals surface area contributed by atoms with Crippen LogP contribution in [0.3, 0.4) is 0 Å². The van der Waals surface area contributed by atoms with Crippen molar-refractivity contribution in [3.63, 3.8) is 0 Å². The van der Waals surface area contributed by atoms with Crippen molar-refractivity contribution >= 4 is 43.2 Å². The van der Waals surface area contributed by atoms with Crippen molar-refractivity contribution in [1.29, 1.82) is 0 Å². The van der Waals surface area contributed by atoms with Gasteiger partial charge in [0, 0.05) is 9.50 Å². The van der Waals surface area contributed by atoms with Gasteiger partial charge in [0.1, 0.15) is 0 Å². The highest BCUT2D eigenvalue weighted by Crippen LogP contribution is 2.26. The predicted octanol–water partition coefficient (Wildman–Crippen LogP) is 4.21. The number of anilines is 1. The van der Waals surface area contributed by atoms with E-state index in [0.29, 0.717) is 15.2 Å². The first-order valence-electron chi connectivity index (χ1n) is 5.43. The van der Waals surface area contributed by atoms with Gasteiger partial charge in [-0.15, -0.1) is 0 Å². The number of hydrogen-bond acceptors (Lipinski definition) is 2. The van der Waals surface area contributed by atoms with Crippen molar-refractivity contribution in [3.05, 3.63) is 57.5 Å². The van der Waals surface area contributed by atoms with Gasteiger partial charge in [0.15, 0.2) is 0 Å². The fourth-order valence-electron chi connectivity index (χ4n) is 1.53. The lowest BCUT2D eigenvalue weighted by Gasteiger charge is -2.10. The molecule has 0 aliphatic rings. The van der Waals surface area contributed by atoms with Crippen LogP contribution in [-0.2, 0) is 10.0 Å². The molecule has 6 heteroatoms. The summed E-state index contributed by atoms with van der Waals surface area (Å²) in [5.41, 5.74) is 1.48. The Morgan fingerprint density at radius 1 is 1.11 bits per heavy atom. The largest absolute Gasteiger partial charge is 0.278 e. The summed E-state index contributed by atoms with van der Waals surface area (Å²) in [5.74, 6) is 0. The minimum Gasteiger partial charge on any atom is -0.278 e. The molecule has 0 aliphatic carbocycles. The standard InChI is InChI=1S/C13H11BrClNO2S/c1-9-2-7-12(14)13(8-9)16-19(17,18)11-5-3-10(15)4-6-11/h2-8,16H,1H3. The summed E-state index contributed by atoms with van der Waals surface area (Å²) >= 11 is 9.06. The van der Waals surface area contributed by atoms with E-state index in [1.165, 1.54) is 12.1 Å². The number of halogens is 2. The molecule has 0 saturated heterocycles. The van der Waals surface area contributed by atoms with Gasteiger partial charge in [0.25, 0.3) is 10.0 Å². The molecule has 0 heterocycles. The van der Waals surface area contributed by atoms with Crippen molar-refractivity contribution < 1.29 is 8.42 Å². The van der Waals surface area contributed by atoms with Crippen molar-refractivity contribution in [3.8, 4) is 0 Å². The molecule has 0 unspecified atom stereocenters. The lowest BCUT2D eigenvalue weighted by atomic mass is 10.2. The van der Waals surface area contributed by atoms with Crippen LogP contribution in [-0.4, -0.2) is 8.42 Å². The topological polar surface area (TPSA) is 46.2 Å². The Hall–Kier alpha value is -1.04. The molecular weight excluding hydrogens is 350 g/mol. The maximum atomic E-state index is 12.2. The maximum absolute atomic E-state index is 12.2. The molecular formula is C13H11BrClNO2S. The van der Waals surface area contributed by atoms with Crippen molar-refractivity contribution in [2.24, 2.45) is 0 Å². The first-order valence-corrected chi connectivity index (χ1v) is 8.08. The molecule has 100 valence electrons. The van der Waals surface area contributed by atoms with Crippen LogP contribution in [0, 0.1) is 6.92 Å². The molecule has 0 spiro atoms. The van der Waals surface area contributed by atoms with E-state index in [-0.39, 0.29) is 4.90 Å². The number of aryl methyl sites for hydroxylation is 1.